The predicted molar refractivity (Wildman–Crippen MR) is 84.8 cm³/mol. The lowest BCUT2D eigenvalue weighted by molar-refractivity contribution is 0.745. The van der Waals surface area contributed by atoms with E-state index in [1.165, 1.54) is 25.7 Å². The number of anilines is 3. The van der Waals surface area contributed by atoms with Crippen LogP contribution in [0.25, 0.3) is 0 Å². The van der Waals surface area contributed by atoms with Crippen LogP contribution in [0.2, 0.25) is 0 Å². The van der Waals surface area contributed by atoms with Crippen LogP contribution in [-0.2, 0) is 0 Å². The summed E-state index contributed by atoms with van der Waals surface area (Å²) in [6, 6.07) is 10.7. The van der Waals surface area contributed by atoms with Crippen molar-refractivity contribution in [2.45, 2.75) is 38.6 Å². The van der Waals surface area contributed by atoms with E-state index in [4.69, 9.17) is 0 Å². The van der Waals surface area contributed by atoms with Crippen molar-refractivity contribution in [2.24, 2.45) is 0 Å². The lowest BCUT2D eigenvalue weighted by Crippen LogP contribution is -2.21. The van der Waals surface area contributed by atoms with Crippen LogP contribution in [-0.4, -0.2) is 27.8 Å². The number of benzene rings is 1. The molecule has 0 unspecified atom stereocenters. The first-order valence-corrected chi connectivity index (χ1v) is 7.65. The van der Waals surface area contributed by atoms with E-state index in [1.54, 1.807) is 6.20 Å². The Labute approximate surface area is 125 Å². The highest BCUT2D eigenvalue weighted by Crippen LogP contribution is 2.24. The zero-order valence-corrected chi connectivity index (χ0v) is 12.4. The van der Waals surface area contributed by atoms with E-state index in [0.29, 0.717) is 12.0 Å². The SMILES string of the molecule is CCN(c1ccccc1)c1nncc(NC2CCCC2)n1. The molecule has 1 aliphatic carbocycles. The highest BCUT2D eigenvalue weighted by atomic mass is 15.3. The van der Waals surface area contributed by atoms with Gasteiger partial charge >= 0.3 is 0 Å². The van der Waals surface area contributed by atoms with E-state index in [-0.39, 0.29) is 0 Å². The molecule has 0 spiro atoms. The van der Waals surface area contributed by atoms with Crippen molar-refractivity contribution < 1.29 is 0 Å². The molecule has 0 atom stereocenters. The van der Waals surface area contributed by atoms with Crippen molar-refractivity contribution in [3.63, 3.8) is 0 Å². The summed E-state index contributed by atoms with van der Waals surface area (Å²) < 4.78 is 0. The van der Waals surface area contributed by atoms with Gasteiger partial charge in [-0.05, 0) is 31.9 Å². The first kappa shape index (κ1) is 13.8. The Bertz CT molecular complexity index is 566. The summed E-state index contributed by atoms with van der Waals surface area (Å²) in [4.78, 5) is 6.69. The van der Waals surface area contributed by atoms with Gasteiger partial charge in [-0.25, -0.2) is 0 Å². The molecule has 1 aromatic carbocycles. The van der Waals surface area contributed by atoms with Gasteiger partial charge in [-0.3, -0.25) is 0 Å². The van der Waals surface area contributed by atoms with Gasteiger partial charge in [0.2, 0.25) is 0 Å². The van der Waals surface area contributed by atoms with E-state index in [0.717, 1.165) is 18.1 Å². The lowest BCUT2D eigenvalue weighted by atomic mass is 10.2. The standard InChI is InChI=1S/C16H21N5/c1-2-21(14-10-4-3-5-11-14)16-19-15(12-17-20-16)18-13-8-6-7-9-13/h3-5,10-13H,2,6-9H2,1H3,(H,18,19,20). The number of nitrogens with zero attached hydrogens (tertiary/aromatic N) is 4. The smallest absolute Gasteiger partial charge is 0.251 e. The van der Waals surface area contributed by atoms with Gasteiger partial charge in [0, 0.05) is 18.3 Å². The van der Waals surface area contributed by atoms with Crippen LogP contribution < -0.4 is 10.2 Å². The molecule has 5 heteroatoms. The molecule has 1 N–H and O–H groups in total. The van der Waals surface area contributed by atoms with Gasteiger partial charge < -0.3 is 10.2 Å². The minimum atomic E-state index is 0.529. The predicted octanol–water partition coefficient (Wildman–Crippen LogP) is 3.38. The van der Waals surface area contributed by atoms with Crippen LogP contribution >= 0.6 is 0 Å². The quantitative estimate of drug-likeness (QED) is 0.911. The molecule has 5 nitrogen and oxygen atoms in total. The molecule has 1 fully saturated rings. The number of hydrogen-bond acceptors (Lipinski definition) is 5. The van der Waals surface area contributed by atoms with E-state index in [9.17, 15) is 0 Å². The lowest BCUT2D eigenvalue weighted by Gasteiger charge is -2.21. The minimum Gasteiger partial charge on any atom is -0.366 e. The number of para-hydroxylation sites is 1. The summed E-state index contributed by atoms with van der Waals surface area (Å²) in [5, 5.41) is 11.8. The number of rotatable bonds is 5. The van der Waals surface area contributed by atoms with Gasteiger partial charge in [-0.1, -0.05) is 31.0 Å². The highest BCUT2D eigenvalue weighted by Gasteiger charge is 2.16. The highest BCUT2D eigenvalue weighted by molar-refractivity contribution is 5.57. The molecule has 1 heterocycles. The zero-order valence-electron chi connectivity index (χ0n) is 12.4. The summed E-state index contributed by atoms with van der Waals surface area (Å²) in [5.74, 6) is 1.47. The van der Waals surface area contributed by atoms with Gasteiger partial charge in [0.25, 0.3) is 5.95 Å². The molecule has 3 rings (SSSR count). The van der Waals surface area contributed by atoms with Crippen molar-refractivity contribution in [1.82, 2.24) is 15.2 Å². The third-order valence-corrected chi connectivity index (χ3v) is 3.88. The Morgan fingerprint density at radius 2 is 1.95 bits per heavy atom. The van der Waals surface area contributed by atoms with Crippen LogP contribution in [0.5, 0.6) is 0 Å². The first-order valence-electron chi connectivity index (χ1n) is 7.65. The maximum absolute atomic E-state index is 4.62. The molecular weight excluding hydrogens is 262 g/mol. The van der Waals surface area contributed by atoms with Gasteiger partial charge in [-0.15, -0.1) is 5.10 Å². The summed E-state index contributed by atoms with van der Waals surface area (Å²) in [6.07, 6.45) is 6.74. The van der Waals surface area contributed by atoms with E-state index in [1.807, 2.05) is 18.2 Å². The molecular formula is C16H21N5. The van der Waals surface area contributed by atoms with E-state index >= 15 is 0 Å². The maximum atomic E-state index is 4.62. The summed E-state index contributed by atoms with van der Waals surface area (Å²) in [6.45, 7) is 2.89. The molecule has 0 saturated heterocycles. The molecule has 0 aliphatic heterocycles. The molecule has 1 aliphatic rings. The average molecular weight is 283 g/mol. The number of aromatic nitrogens is 3. The molecule has 1 saturated carbocycles. The van der Waals surface area contributed by atoms with Crippen molar-refractivity contribution in [1.29, 1.82) is 0 Å². The van der Waals surface area contributed by atoms with Crippen LogP contribution in [0.15, 0.2) is 36.5 Å². The number of hydrogen-bond donors (Lipinski definition) is 1. The molecule has 0 radical (unpaired) electrons. The Hall–Kier alpha value is -2.17. The second kappa shape index (κ2) is 6.52. The van der Waals surface area contributed by atoms with Crippen molar-refractivity contribution in [2.75, 3.05) is 16.8 Å². The van der Waals surface area contributed by atoms with Crippen molar-refractivity contribution >= 4 is 17.5 Å². The Morgan fingerprint density at radius 3 is 2.67 bits per heavy atom. The second-order valence-corrected chi connectivity index (χ2v) is 5.35. The second-order valence-electron chi connectivity index (χ2n) is 5.35. The molecule has 110 valence electrons. The molecule has 1 aromatic heterocycles. The topological polar surface area (TPSA) is 53.9 Å². The van der Waals surface area contributed by atoms with Gasteiger partial charge in [0.15, 0.2) is 5.82 Å². The number of nitrogens with one attached hydrogen (secondary N) is 1. The van der Waals surface area contributed by atoms with Gasteiger partial charge in [0.05, 0.1) is 6.20 Å². The monoisotopic (exact) mass is 283 g/mol. The summed E-state index contributed by atoms with van der Waals surface area (Å²) in [5.41, 5.74) is 1.08. The Morgan fingerprint density at radius 1 is 1.19 bits per heavy atom. The molecule has 0 amide bonds. The van der Waals surface area contributed by atoms with Gasteiger partial charge in [-0.2, -0.15) is 10.1 Å². The van der Waals surface area contributed by atoms with Crippen LogP contribution in [0.4, 0.5) is 17.5 Å². The van der Waals surface area contributed by atoms with E-state index in [2.05, 4.69) is 44.5 Å². The normalized spacial score (nSPS) is 15.1. The Kier molecular flexibility index (Phi) is 4.28. The third kappa shape index (κ3) is 3.29. The molecule has 0 bridgehead atoms. The minimum absolute atomic E-state index is 0.529. The van der Waals surface area contributed by atoms with Crippen molar-refractivity contribution in [3.8, 4) is 0 Å². The van der Waals surface area contributed by atoms with Crippen molar-refractivity contribution in [3.05, 3.63) is 36.5 Å². The van der Waals surface area contributed by atoms with Gasteiger partial charge in [0.1, 0.15) is 0 Å². The Balaban J connectivity index is 1.80. The van der Waals surface area contributed by atoms with E-state index < -0.39 is 0 Å². The zero-order chi connectivity index (χ0) is 14.5. The summed E-state index contributed by atoms with van der Waals surface area (Å²) >= 11 is 0. The fourth-order valence-corrected chi connectivity index (χ4v) is 2.80. The maximum Gasteiger partial charge on any atom is 0.251 e. The fraction of sp³-hybridized carbons (Fsp3) is 0.438. The summed E-state index contributed by atoms with van der Waals surface area (Å²) in [7, 11) is 0. The fourth-order valence-electron chi connectivity index (χ4n) is 2.80. The third-order valence-electron chi connectivity index (χ3n) is 3.88. The largest absolute Gasteiger partial charge is 0.366 e. The first-order chi connectivity index (χ1) is 10.4. The molecule has 21 heavy (non-hydrogen) atoms. The van der Waals surface area contributed by atoms with Crippen LogP contribution in [0.3, 0.4) is 0 Å². The molecule has 2 aromatic rings. The van der Waals surface area contributed by atoms with Crippen LogP contribution in [0.1, 0.15) is 32.6 Å². The average Bonchev–Trinajstić information content (AvgIpc) is 3.02. The van der Waals surface area contributed by atoms with Crippen LogP contribution in [0, 0.1) is 0 Å².